The van der Waals surface area contributed by atoms with E-state index >= 15 is 0 Å². The van der Waals surface area contributed by atoms with Gasteiger partial charge in [-0.25, -0.2) is 0 Å². The molecule has 1 aliphatic heterocycles. The van der Waals surface area contributed by atoms with Crippen LogP contribution in [0.2, 0.25) is 0 Å². The van der Waals surface area contributed by atoms with E-state index in [9.17, 15) is 23.1 Å². The number of aromatic nitrogens is 1. The first-order valence-corrected chi connectivity index (χ1v) is 5.88. The Morgan fingerprint density at radius 3 is 2.68 bits per heavy atom. The molecule has 1 saturated heterocycles. The fraction of sp³-hybridized carbons (Fsp3) is 0.500. The number of hydrogen-bond donors (Lipinski definition) is 1. The average molecular weight is 274 g/mol. The van der Waals surface area contributed by atoms with Crippen LogP contribution in [0, 0.1) is 0 Å². The van der Waals surface area contributed by atoms with E-state index in [0.717, 1.165) is 18.3 Å². The Bertz CT molecular complexity index is 459. The third kappa shape index (κ3) is 3.23. The van der Waals surface area contributed by atoms with Crippen molar-refractivity contribution in [3.8, 4) is 0 Å². The van der Waals surface area contributed by atoms with Crippen LogP contribution >= 0.6 is 0 Å². The van der Waals surface area contributed by atoms with E-state index in [-0.39, 0.29) is 12.1 Å². The van der Waals surface area contributed by atoms with Gasteiger partial charge in [0.15, 0.2) is 0 Å². The molecule has 1 N–H and O–H groups in total. The SMILES string of the molecule is O=C(c1ccc(C(F)(F)F)nc1)N1CCC[C@H](O)C1. The van der Waals surface area contributed by atoms with Crippen LogP contribution in [-0.4, -0.2) is 40.1 Å². The number of halogens is 3. The maximum absolute atomic E-state index is 12.3. The number of aliphatic hydroxyl groups excluding tert-OH is 1. The largest absolute Gasteiger partial charge is 0.433 e. The van der Waals surface area contributed by atoms with E-state index in [1.807, 2.05) is 0 Å². The summed E-state index contributed by atoms with van der Waals surface area (Å²) in [6.07, 6.45) is -2.84. The minimum absolute atomic E-state index is 0.0992. The smallest absolute Gasteiger partial charge is 0.391 e. The van der Waals surface area contributed by atoms with Gasteiger partial charge in [-0.2, -0.15) is 13.2 Å². The molecule has 1 aromatic rings. The molecule has 2 rings (SSSR count). The highest BCUT2D eigenvalue weighted by Gasteiger charge is 2.32. The minimum Gasteiger partial charge on any atom is -0.391 e. The molecule has 0 aromatic carbocycles. The first-order chi connectivity index (χ1) is 8.88. The lowest BCUT2D eigenvalue weighted by Gasteiger charge is -2.30. The van der Waals surface area contributed by atoms with Crippen molar-refractivity contribution in [3.05, 3.63) is 29.6 Å². The summed E-state index contributed by atoms with van der Waals surface area (Å²) in [5, 5.41) is 9.47. The summed E-state index contributed by atoms with van der Waals surface area (Å²) >= 11 is 0. The van der Waals surface area contributed by atoms with Gasteiger partial charge in [0.25, 0.3) is 5.91 Å². The van der Waals surface area contributed by atoms with Gasteiger partial charge in [-0.05, 0) is 25.0 Å². The van der Waals surface area contributed by atoms with Gasteiger partial charge in [-0.15, -0.1) is 0 Å². The lowest BCUT2D eigenvalue weighted by atomic mass is 10.1. The maximum Gasteiger partial charge on any atom is 0.433 e. The fourth-order valence-corrected chi connectivity index (χ4v) is 2.01. The van der Waals surface area contributed by atoms with Crippen LogP contribution in [0.4, 0.5) is 13.2 Å². The normalized spacial score (nSPS) is 20.4. The quantitative estimate of drug-likeness (QED) is 0.848. The van der Waals surface area contributed by atoms with Crippen LogP contribution in [0.1, 0.15) is 28.9 Å². The third-order valence-electron chi connectivity index (χ3n) is 2.98. The number of nitrogens with zero attached hydrogens (tertiary/aromatic N) is 2. The van der Waals surface area contributed by atoms with Crippen molar-refractivity contribution in [1.29, 1.82) is 0 Å². The molecule has 0 spiro atoms. The van der Waals surface area contributed by atoms with Crippen LogP contribution < -0.4 is 0 Å². The van der Waals surface area contributed by atoms with Gasteiger partial charge in [-0.3, -0.25) is 9.78 Å². The molecule has 2 heterocycles. The second-order valence-corrected chi connectivity index (χ2v) is 4.48. The zero-order chi connectivity index (χ0) is 14.0. The highest BCUT2D eigenvalue weighted by atomic mass is 19.4. The number of rotatable bonds is 1. The standard InChI is InChI=1S/C12H13F3N2O2/c13-12(14,15)10-4-3-8(6-16-10)11(19)17-5-1-2-9(18)7-17/h3-4,6,9,18H,1-2,5,7H2/t9-/m0/s1. The molecule has 0 saturated carbocycles. The van der Waals surface area contributed by atoms with Crippen molar-refractivity contribution in [2.75, 3.05) is 13.1 Å². The fourth-order valence-electron chi connectivity index (χ4n) is 2.01. The number of β-amino-alcohol motifs (C(OH)–C–C–N with tert-alkyl or cyclic N) is 1. The van der Waals surface area contributed by atoms with Gasteiger partial charge in [0, 0.05) is 19.3 Å². The number of carbonyl (C=O) groups excluding carboxylic acids is 1. The molecule has 1 fully saturated rings. The summed E-state index contributed by atoms with van der Waals surface area (Å²) in [6.45, 7) is 0.705. The Labute approximate surface area is 107 Å². The number of likely N-dealkylation sites (tertiary alicyclic amines) is 1. The predicted molar refractivity (Wildman–Crippen MR) is 60.4 cm³/mol. The minimum atomic E-state index is -4.51. The van der Waals surface area contributed by atoms with E-state index < -0.39 is 23.9 Å². The highest BCUT2D eigenvalue weighted by molar-refractivity contribution is 5.94. The summed E-state index contributed by atoms with van der Waals surface area (Å²) in [5.74, 6) is -0.403. The summed E-state index contributed by atoms with van der Waals surface area (Å²) in [6, 6.07) is 1.90. The number of hydrogen-bond acceptors (Lipinski definition) is 3. The van der Waals surface area contributed by atoms with E-state index in [1.165, 1.54) is 4.90 Å². The first kappa shape index (κ1) is 13.8. The Morgan fingerprint density at radius 2 is 2.16 bits per heavy atom. The van der Waals surface area contributed by atoms with E-state index in [4.69, 9.17) is 0 Å². The van der Waals surface area contributed by atoms with Crippen molar-refractivity contribution >= 4 is 5.91 Å². The zero-order valence-corrected chi connectivity index (χ0v) is 10.0. The van der Waals surface area contributed by atoms with E-state index in [2.05, 4.69) is 4.98 Å². The topological polar surface area (TPSA) is 53.4 Å². The molecule has 0 bridgehead atoms. The zero-order valence-electron chi connectivity index (χ0n) is 10.0. The third-order valence-corrected chi connectivity index (χ3v) is 2.98. The van der Waals surface area contributed by atoms with Crippen molar-refractivity contribution in [1.82, 2.24) is 9.88 Å². The molecule has 1 aromatic heterocycles. The summed E-state index contributed by atoms with van der Waals surface area (Å²) < 4.78 is 37.0. The Morgan fingerprint density at radius 1 is 1.42 bits per heavy atom. The van der Waals surface area contributed by atoms with Crippen molar-refractivity contribution < 1.29 is 23.1 Å². The van der Waals surface area contributed by atoms with Crippen molar-refractivity contribution in [3.63, 3.8) is 0 Å². The predicted octanol–water partition coefficient (Wildman–Crippen LogP) is 1.70. The molecule has 0 unspecified atom stereocenters. The second-order valence-electron chi connectivity index (χ2n) is 4.48. The monoisotopic (exact) mass is 274 g/mol. The van der Waals surface area contributed by atoms with Crippen LogP contribution in [0.25, 0.3) is 0 Å². The van der Waals surface area contributed by atoms with Gasteiger partial charge in [0.1, 0.15) is 5.69 Å². The lowest BCUT2D eigenvalue weighted by Crippen LogP contribution is -2.42. The molecule has 1 atom stereocenters. The summed E-state index contributed by atoms with van der Waals surface area (Å²) in [4.78, 5) is 16.7. The summed E-state index contributed by atoms with van der Waals surface area (Å²) in [5.41, 5.74) is -0.926. The van der Waals surface area contributed by atoms with Crippen LogP contribution in [-0.2, 0) is 6.18 Å². The molecule has 1 aliphatic rings. The van der Waals surface area contributed by atoms with Crippen molar-refractivity contribution in [2.24, 2.45) is 0 Å². The van der Waals surface area contributed by atoms with Crippen LogP contribution in [0.15, 0.2) is 18.3 Å². The molecule has 19 heavy (non-hydrogen) atoms. The van der Waals surface area contributed by atoms with E-state index in [1.54, 1.807) is 0 Å². The number of piperidine rings is 1. The number of carbonyl (C=O) groups is 1. The highest BCUT2D eigenvalue weighted by Crippen LogP contribution is 2.27. The van der Waals surface area contributed by atoms with Gasteiger partial charge >= 0.3 is 6.18 Å². The number of amides is 1. The molecule has 104 valence electrons. The Hall–Kier alpha value is -1.63. The molecular weight excluding hydrogens is 261 g/mol. The van der Waals surface area contributed by atoms with E-state index in [0.29, 0.717) is 19.4 Å². The molecular formula is C12H13F3N2O2. The van der Waals surface area contributed by atoms with Gasteiger partial charge in [-0.1, -0.05) is 0 Å². The Kier molecular flexibility index (Phi) is 3.75. The molecule has 4 nitrogen and oxygen atoms in total. The average Bonchev–Trinajstić information content (AvgIpc) is 2.37. The molecule has 0 aliphatic carbocycles. The van der Waals surface area contributed by atoms with Crippen molar-refractivity contribution in [2.45, 2.75) is 25.1 Å². The lowest BCUT2D eigenvalue weighted by molar-refractivity contribution is -0.141. The van der Waals surface area contributed by atoms with Gasteiger partial charge in [0.2, 0.25) is 0 Å². The number of pyridine rings is 1. The first-order valence-electron chi connectivity index (χ1n) is 5.88. The van der Waals surface area contributed by atoms with Crippen LogP contribution in [0.3, 0.4) is 0 Å². The molecule has 0 radical (unpaired) electrons. The maximum atomic E-state index is 12.3. The number of alkyl halides is 3. The molecule has 1 amide bonds. The molecule has 7 heteroatoms. The Balaban J connectivity index is 2.11. The van der Waals surface area contributed by atoms with Crippen LogP contribution in [0.5, 0.6) is 0 Å². The van der Waals surface area contributed by atoms with Gasteiger partial charge in [0.05, 0.1) is 11.7 Å². The summed E-state index contributed by atoms with van der Waals surface area (Å²) in [7, 11) is 0. The van der Waals surface area contributed by atoms with Gasteiger partial charge < -0.3 is 10.0 Å². The second kappa shape index (κ2) is 5.16. The number of aliphatic hydroxyl groups is 1.